The Morgan fingerprint density at radius 1 is 0.743 bits per heavy atom. The van der Waals surface area contributed by atoms with Crippen LogP contribution in [0.2, 0.25) is 0 Å². The lowest BCUT2D eigenvalue weighted by atomic mass is 9.88. The molecule has 4 rings (SSSR count). The van der Waals surface area contributed by atoms with E-state index in [2.05, 4.69) is 83.9 Å². The van der Waals surface area contributed by atoms with Crippen LogP contribution in [-0.4, -0.2) is 38.2 Å². The van der Waals surface area contributed by atoms with E-state index < -0.39 is 0 Å². The van der Waals surface area contributed by atoms with Crippen LogP contribution in [0.4, 0.5) is 5.69 Å². The molecule has 0 radical (unpaired) electrons. The molecule has 3 aromatic carbocycles. The van der Waals surface area contributed by atoms with Gasteiger partial charge in [0.05, 0.1) is 7.11 Å². The van der Waals surface area contributed by atoms with Crippen molar-refractivity contribution in [3.05, 3.63) is 95.6 Å². The highest BCUT2D eigenvalue weighted by atomic mass is 16.5. The van der Waals surface area contributed by atoms with E-state index >= 15 is 0 Å². The minimum absolute atomic E-state index is 0.886. The van der Waals surface area contributed by atoms with Crippen LogP contribution in [0.3, 0.4) is 0 Å². The molecule has 3 heteroatoms. The normalized spacial score (nSPS) is 15.6. The standard InChI is InChI=1S/C32H40N2O/c1-3-31(26-16-20-30(35-2)21-17-26)32(27-12-8-7-9-13-27)28-14-18-29(19-15-28)33-22-25-34-23-10-5-4-6-11-24-34/h7-9,12-21,33H,3-6,10-11,22-25H2,1-2H3. The molecule has 0 atom stereocenters. The van der Waals surface area contributed by atoms with E-state index in [1.165, 1.54) is 78.7 Å². The number of allylic oxidation sites excluding steroid dienone is 1. The molecule has 1 N–H and O–H groups in total. The summed E-state index contributed by atoms with van der Waals surface area (Å²) in [7, 11) is 1.71. The fourth-order valence-electron chi connectivity index (χ4n) is 5.09. The Kier molecular flexibility index (Phi) is 9.42. The van der Waals surface area contributed by atoms with Crippen molar-refractivity contribution in [3.63, 3.8) is 0 Å². The summed E-state index contributed by atoms with van der Waals surface area (Å²) >= 11 is 0. The van der Waals surface area contributed by atoms with E-state index in [1.54, 1.807) is 7.11 Å². The number of rotatable bonds is 9. The van der Waals surface area contributed by atoms with Crippen LogP contribution >= 0.6 is 0 Å². The largest absolute Gasteiger partial charge is 0.497 e. The second-order valence-electron chi connectivity index (χ2n) is 9.42. The average Bonchev–Trinajstić information content (AvgIpc) is 2.89. The Labute approximate surface area is 211 Å². The smallest absolute Gasteiger partial charge is 0.118 e. The first-order valence-corrected chi connectivity index (χ1v) is 13.3. The molecule has 0 unspecified atom stereocenters. The Morgan fingerprint density at radius 3 is 1.97 bits per heavy atom. The van der Waals surface area contributed by atoms with Gasteiger partial charge >= 0.3 is 0 Å². The first-order valence-electron chi connectivity index (χ1n) is 13.3. The Balaban J connectivity index is 1.53. The van der Waals surface area contributed by atoms with E-state index in [1.807, 2.05) is 12.1 Å². The number of methoxy groups -OCH3 is 1. The lowest BCUT2D eigenvalue weighted by Gasteiger charge is -2.24. The SMILES string of the molecule is CCC(=C(c1ccccc1)c1ccc(NCCN2CCCCCCC2)cc1)c1ccc(OC)cc1. The third-order valence-electron chi connectivity index (χ3n) is 7.04. The molecule has 0 aromatic heterocycles. The first kappa shape index (κ1) is 25.1. The van der Waals surface area contributed by atoms with Crippen molar-refractivity contribution < 1.29 is 4.74 Å². The monoisotopic (exact) mass is 468 g/mol. The van der Waals surface area contributed by atoms with Crippen LogP contribution < -0.4 is 10.1 Å². The van der Waals surface area contributed by atoms with Crippen LogP contribution in [0, 0.1) is 0 Å². The summed E-state index contributed by atoms with van der Waals surface area (Å²) in [5, 5.41) is 3.65. The van der Waals surface area contributed by atoms with Gasteiger partial charge in [0.15, 0.2) is 0 Å². The van der Waals surface area contributed by atoms with Gasteiger partial charge in [0.25, 0.3) is 0 Å². The van der Waals surface area contributed by atoms with Crippen LogP contribution in [-0.2, 0) is 0 Å². The lowest BCUT2D eigenvalue weighted by Crippen LogP contribution is -2.31. The maximum absolute atomic E-state index is 5.38. The van der Waals surface area contributed by atoms with Crippen molar-refractivity contribution in [1.82, 2.24) is 4.90 Å². The highest BCUT2D eigenvalue weighted by molar-refractivity contribution is 5.98. The molecule has 0 amide bonds. The van der Waals surface area contributed by atoms with Gasteiger partial charge < -0.3 is 15.0 Å². The number of nitrogens with zero attached hydrogens (tertiary/aromatic N) is 1. The number of ether oxygens (including phenoxy) is 1. The van der Waals surface area contributed by atoms with E-state index in [9.17, 15) is 0 Å². The van der Waals surface area contributed by atoms with Gasteiger partial charge in [-0.2, -0.15) is 0 Å². The van der Waals surface area contributed by atoms with Gasteiger partial charge in [-0.05, 0) is 84.5 Å². The molecular weight excluding hydrogens is 428 g/mol. The number of anilines is 1. The third kappa shape index (κ3) is 6.99. The van der Waals surface area contributed by atoms with Crippen LogP contribution in [0.1, 0.15) is 62.1 Å². The van der Waals surface area contributed by atoms with Gasteiger partial charge in [-0.25, -0.2) is 0 Å². The third-order valence-corrected chi connectivity index (χ3v) is 7.04. The zero-order chi connectivity index (χ0) is 24.3. The highest BCUT2D eigenvalue weighted by Gasteiger charge is 2.13. The summed E-state index contributed by atoms with van der Waals surface area (Å²) < 4.78 is 5.38. The van der Waals surface area contributed by atoms with Crippen LogP contribution in [0.5, 0.6) is 5.75 Å². The number of nitrogens with one attached hydrogen (secondary N) is 1. The van der Waals surface area contributed by atoms with E-state index in [4.69, 9.17) is 4.74 Å². The van der Waals surface area contributed by atoms with Crippen molar-refractivity contribution in [1.29, 1.82) is 0 Å². The average molecular weight is 469 g/mol. The van der Waals surface area contributed by atoms with Gasteiger partial charge in [0, 0.05) is 18.8 Å². The molecule has 0 bridgehead atoms. The maximum atomic E-state index is 5.38. The fourth-order valence-corrected chi connectivity index (χ4v) is 5.09. The zero-order valence-corrected chi connectivity index (χ0v) is 21.4. The molecule has 1 saturated heterocycles. The highest BCUT2D eigenvalue weighted by Crippen LogP contribution is 2.35. The van der Waals surface area contributed by atoms with Crippen LogP contribution in [0.15, 0.2) is 78.9 Å². The van der Waals surface area contributed by atoms with E-state index in [0.717, 1.165) is 25.3 Å². The first-order chi connectivity index (χ1) is 17.3. The van der Waals surface area contributed by atoms with Crippen molar-refractivity contribution in [2.75, 3.05) is 38.6 Å². The fraction of sp³-hybridized carbons (Fsp3) is 0.375. The lowest BCUT2D eigenvalue weighted by molar-refractivity contribution is 0.256. The summed E-state index contributed by atoms with van der Waals surface area (Å²) in [6.45, 7) is 6.85. The van der Waals surface area contributed by atoms with Crippen molar-refractivity contribution in [2.24, 2.45) is 0 Å². The molecule has 0 spiro atoms. The molecule has 0 saturated carbocycles. The predicted molar refractivity (Wildman–Crippen MR) is 150 cm³/mol. The molecule has 1 aliphatic heterocycles. The van der Waals surface area contributed by atoms with Gasteiger partial charge in [0.2, 0.25) is 0 Å². The number of benzene rings is 3. The zero-order valence-electron chi connectivity index (χ0n) is 21.4. The molecule has 1 aliphatic rings. The second-order valence-corrected chi connectivity index (χ2v) is 9.42. The maximum Gasteiger partial charge on any atom is 0.118 e. The predicted octanol–water partition coefficient (Wildman–Crippen LogP) is 7.74. The quantitative estimate of drug-likeness (QED) is 0.325. The summed E-state index contributed by atoms with van der Waals surface area (Å²) in [5.74, 6) is 0.886. The van der Waals surface area contributed by atoms with Gasteiger partial charge in [-0.3, -0.25) is 0 Å². The number of hydrogen-bond donors (Lipinski definition) is 1. The van der Waals surface area contributed by atoms with E-state index in [0.29, 0.717) is 0 Å². The van der Waals surface area contributed by atoms with Crippen LogP contribution in [0.25, 0.3) is 11.1 Å². The van der Waals surface area contributed by atoms with Crippen molar-refractivity contribution in [2.45, 2.75) is 45.4 Å². The van der Waals surface area contributed by atoms with Crippen molar-refractivity contribution in [3.8, 4) is 5.75 Å². The Hall–Kier alpha value is -3.04. The van der Waals surface area contributed by atoms with E-state index in [-0.39, 0.29) is 0 Å². The number of likely N-dealkylation sites (tertiary alicyclic amines) is 1. The minimum Gasteiger partial charge on any atom is -0.497 e. The Bertz CT molecular complexity index is 1050. The number of hydrogen-bond acceptors (Lipinski definition) is 3. The summed E-state index contributed by atoms with van der Waals surface area (Å²) in [4.78, 5) is 2.62. The molecule has 35 heavy (non-hydrogen) atoms. The summed E-state index contributed by atoms with van der Waals surface area (Å²) in [6.07, 6.45) is 7.83. The summed E-state index contributed by atoms with van der Waals surface area (Å²) in [6, 6.07) is 28.2. The molecule has 1 fully saturated rings. The van der Waals surface area contributed by atoms with Gasteiger partial charge in [0.1, 0.15) is 5.75 Å². The van der Waals surface area contributed by atoms with Crippen molar-refractivity contribution >= 4 is 16.8 Å². The van der Waals surface area contributed by atoms with Gasteiger partial charge in [-0.15, -0.1) is 0 Å². The Morgan fingerprint density at radius 2 is 1.34 bits per heavy atom. The molecule has 184 valence electrons. The molecule has 3 nitrogen and oxygen atoms in total. The second kappa shape index (κ2) is 13.2. The topological polar surface area (TPSA) is 24.5 Å². The molecule has 1 heterocycles. The summed E-state index contributed by atoms with van der Waals surface area (Å²) in [5.41, 5.74) is 7.57. The van der Waals surface area contributed by atoms with Gasteiger partial charge in [-0.1, -0.05) is 80.8 Å². The molecule has 0 aliphatic carbocycles. The molecule has 3 aromatic rings. The minimum atomic E-state index is 0.886. The molecular formula is C32H40N2O.